The lowest BCUT2D eigenvalue weighted by Gasteiger charge is -2.15. The van der Waals surface area contributed by atoms with Gasteiger partial charge in [-0.2, -0.15) is 0 Å². The Labute approximate surface area is 191 Å². The fraction of sp³-hybridized carbons (Fsp3) is 0.321. The molecule has 0 heterocycles. The average molecular weight is 433 g/mol. The van der Waals surface area contributed by atoms with E-state index in [2.05, 4.69) is 26.0 Å². The van der Waals surface area contributed by atoms with Crippen LogP contribution in [0.3, 0.4) is 0 Å². The van der Waals surface area contributed by atoms with E-state index in [0.29, 0.717) is 17.1 Å². The van der Waals surface area contributed by atoms with E-state index in [-0.39, 0.29) is 6.10 Å². The highest BCUT2D eigenvalue weighted by Crippen LogP contribution is 2.26. The van der Waals surface area contributed by atoms with Crippen LogP contribution in [0.1, 0.15) is 56.3 Å². The van der Waals surface area contributed by atoms with Crippen LogP contribution in [0, 0.1) is 0 Å². The largest absolute Gasteiger partial charge is 0.497 e. The van der Waals surface area contributed by atoms with Crippen LogP contribution in [0.5, 0.6) is 17.2 Å². The van der Waals surface area contributed by atoms with Gasteiger partial charge in [0, 0.05) is 0 Å². The first kappa shape index (κ1) is 23.4. The van der Waals surface area contributed by atoms with E-state index in [0.717, 1.165) is 23.3 Å². The number of carbonyl (C=O) groups is 1. The highest BCUT2D eigenvalue weighted by molar-refractivity contribution is 5.91. The first-order valence-electron chi connectivity index (χ1n) is 11.3. The molecule has 3 rings (SSSR count). The fourth-order valence-corrected chi connectivity index (χ4v) is 3.48. The van der Waals surface area contributed by atoms with Gasteiger partial charge in [-0.15, -0.1) is 0 Å². The van der Waals surface area contributed by atoms with Crippen LogP contribution in [0.4, 0.5) is 0 Å². The summed E-state index contributed by atoms with van der Waals surface area (Å²) in [6.45, 7) is 4.36. The van der Waals surface area contributed by atoms with Crippen molar-refractivity contribution in [2.75, 3.05) is 7.11 Å². The Balaban J connectivity index is 1.54. The normalized spacial score (nSPS) is 11.6. The van der Waals surface area contributed by atoms with Crippen molar-refractivity contribution >= 4 is 5.97 Å². The topological polar surface area (TPSA) is 44.8 Å². The maximum absolute atomic E-state index is 12.3. The predicted octanol–water partition coefficient (Wildman–Crippen LogP) is 7.32. The van der Waals surface area contributed by atoms with E-state index < -0.39 is 5.97 Å². The predicted molar refractivity (Wildman–Crippen MR) is 129 cm³/mol. The van der Waals surface area contributed by atoms with E-state index in [1.54, 1.807) is 43.5 Å². The molecule has 0 fully saturated rings. The van der Waals surface area contributed by atoms with Crippen molar-refractivity contribution in [2.24, 2.45) is 0 Å². The molecule has 0 aliphatic carbocycles. The Hall–Kier alpha value is -3.27. The van der Waals surface area contributed by atoms with Crippen molar-refractivity contribution in [2.45, 2.75) is 52.1 Å². The molecule has 0 spiro atoms. The van der Waals surface area contributed by atoms with Crippen LogP contribution in [0.25, 0.3) is 11.1 Å². The number of unbranched alkanes of at least 4 members (excludes halogenated alkanes) is 3. The summed E-state index contributed by atoms with van der Waals surface area (Å²) in [5.41, 5.74) is 2.61. The molecule has 0 amide bonds. The summed E-state index contributed by atoms with van der Waals surface area (Å²) < 4.78 is 16.6. The van der Waals surface area contributed by atoms with Gasteiger partial charge in [-0.05, 0) is 79.4 Å². The molecule has 3 aromatic carbocycles. The molecule has 0 N–H and O–H groups in total. The van der Waals surface area contributed by atoms with Crippen molar-refractivity contribution < 1.29 is 19.0 Å². The SMILES string of the molecule is CCCCCC[C@H](C)Oc1ccc(-c2ccc(OC(=O)c3ccc(OC)cc3)cc2)cc1. The van der Waals surface area contributed by atoms with E-state index in [9.17, 15) is 4.79 Å². The molecule has 0 radical (unpaired) electrons. The molecule has 0 saturated heterocycles. The molecule has 4 heteroatoms. The molecular formula is C28H32O4. The van der Waals surface area contributed by atoms with Gasteiger partial charge in [-0.25, -0.2) is 4.79 Å². The maximum Gasteiger partial charge on any atom is 0.343 e. The molecule has 168 valence electrons. The smallest absolute Gasteiger partial charge is 0.343 e. The lowest BCUT2D eigenvalue weighted by Crippen LogP contribution is -2.11. The minimum atomic E-state index is -0.397. The van der Waals surface area contributed by atoms with E-state index in [1.165, 1.54) is 25.7 Å². The Morgan fingerprint density at radius 2 is 1.31 bits per heavy atom. The Morgan fingerprint density at radius 1 is 0.750 bits per heavy atom. The third-order valence-electron chi connectivity index (χ3n) is 5.38. The lowest BCUT2D eigenvalue weighted by atomic mass is 10.1. The van der Waals surface area contributed by atoms with Gasteiger partial charge in [0.2, 0.25) is 0 Å². The summed E-state index contributed by atoms with van der Waals surface area (Å²) in [6, 6.07) is 22.5. The molecule has 0 aliphatic heterocycles. The van der Waals surface area contributed by atoms with Crippen LogP contribution < -0.4 is 14.2 Å². The van der Waals surface area contributed by atoms with E-state index in [4.69, 9.17) is 14.2 Å². The number of hydrogen-bond acceptors (Lipinski definition) is 4. The van der Waals surface area contributed by atoms with Gasteiger partial charge in [-0.3, -0.25) is 0 Å². The summed E-state index contributed by atoms with van der Waals surface area (Å²) in [4.78, 5) is 12.3. The van der Waals surface area contributed by atoms with Crippen LogP contribution in [0.2, 0.25) is 0 Å². The van der Waals surface area contributed by atoms with Gasteiger partial charge in [0.15, 0.2) is 0 Å². The molecule has 4 nitrogen and oxygen atoms in total. The first-order chi connectivity index (χ1) is 15.6. The summed E-state index contributed by atoms with van der Waals surface area (Å²) in [7, 11) is 1.59. The second kappa shape index (κ2) is 11.9. The standard InChI is InChI=1S/C28H32O4/c1-4-5-6-7-8-21(2)31-26-17-9-22(10-18-26)23-11-19-27(20-12-23)32-28(29)24-13-15-25(30-3)16-14-24/h9-21H,4-8H2,1-3H3/t21-/m0/s1. The third kappa shape index (κ3) is 6.88. The Morgan fingerprint density at radius 3 is 1.88 bits per heavy atom. The Kier molecular flexibility index (Phi) is 8.73. The van der Waals surface area contributed by atoms with Gasteiger partial charge in [-0.1, -0.05) is 50.5 Å². The minimum absolute atomic E-state index is 0.220. The maximum atomic E-state index is 12.3. The van der Waals surface area contributed by atoms with Gasteiger partial charge < -0.3 is 14.2 Å². The van der Waals surface area contributed by atoms with Gasteiger partial charge in [0.05, 0.1) is 18.8 Å². The van der Waals surface area contributed by atoms with Crippen LogP contribution in [0.15, 0.2) is 72.8 Å². The zero-order valence-electron chi connectivity index (χ0n) is 19.2. The van der Waals surface area contributed by atoms with Crippen molar-refractivity contribution in [3.8, 4) is 28.4 Å². The van der Waals surface area contributed by atoms with Gasteiger partial charge in [0.25, 0.3) is 0 Å². The number of esters is 1. The molecule has 0 bridgehead atoms. The molecular weight excluding hydrogens is 400 g/mol. The molecule has 0 aromatic heterocycles. The highest BCUT2D eigenvalue weighted by Gasteiger charge is 2.09. The quantitative estimate of drug-likeness (QED) is 0.181. The number of methoxy groups -OCH3 is 1. The van der Waals surface area contributed by atoms with Gasteiger partial charge >= 0.3 is 5.97 Å². The number of benzene rings is 3. The number of hydrogen-bond donors (Lipinski definition) is 0. The third-order valence-corrected chi connectivity index (χ3v) is 5.38. The minimum Gasteiger partial charge on any atom is -0.497 e. The van der Waals surface area contributed by atoms with Gasteiger partial charge in [0.1, 0.15) is 17.2 Å². The number of ether oxygens (including phenoxy) is 3. The summed E-state index contributed by atoms with van der Waals surface area (Å²) in [5.74, 6) is 1.70. The summed E-state index contributed by atoms with van der Waals surface area (Å²) in [6.07, 6.45) is 6.33. The second-order valence-electron chi connectivity index (χ2n) is 7.94. The molecule has 32 heavy (non-hydrogen) atoms. The molecule has 0 saturated carbocycles. The average Bonchev–Trinajstić information content (AvgIpc) is 2.83. The molecule has 3 aromatic rings. The fourth-order valence-electron chi connectivity index (χ4n) is 3.48. The zero-order chi connectivity index (χ0) is 22.8. The van der Waals surface area contributed by atoms with Crippen LogP contribution >= 0.6 is 0 Å². The van der Waals surface area contributed by atoms with E-state index in [1.807, 2.05) is 24.3 Å². The Bertz CT molecular complexity index is 960. The number of rotatable bonds is 11. The van der Waals surface area contributed by atoms with Crippen molar-refractivity contribution in [1.29, 1.82) is 0 Å². The lowest BCUT2D eigenvalue weighted by molar-refractivity contribution is 0.0734. The summed E-state index contributed by atoms with van der Waals surface area (Å²) in [5, 5.41) is 0. The molecule has 1 atom stereocenters. The van der Waals surface area contributed by atoms with Crippen LogP contribution in [-0.2, 0) is 0 Å². The summed E-state index contributed by atoms with van der Waals surface area (Å²) >= 11 is 0. The van der Waals surface area contributed by atoms with Crippen molar-refractivity contribution in [3.63, 3.8) is 0 Å². The highest BCUT2D eigenvalue weighted by atomic mass is 16.5. The van der Waals surface area contributed by atoms with Crippen molar-refractivity contribution in [3.05, 3.63) is 78.4 Å². The van der Waals surface area contributed by atoms with Crippen molar-refractivity contribution in [1.82, 2.24) is 0 Å². The number of carbonyl (C=O) groups excluding carboxylic acids is 1. The van der Waals surface area contributed by atoms with Crippen LogP contribution in [-0.4, -0.2) is 19.2 Å². The zero-order valence-corrected chi connectivity index (χ0v) is 19.2. The molecule has 0 unspecified atom stereocenters. The monoisotopic (exact) mass is 432 g/mol. The first-order valence-corrected chi connectivity index (χ1v) is 11.3. The second-order valence-corrected chi connectivity index (χ2v) is 7.94. The molecule has 0 aliphatic rings. The van der Waals surface area contributed by atoms with E-state index >= 15 is 0 Å².